The number of benzene rings is 1. The Morgan fingerprint density at radius 2 is 2.00 bits per heavy atom. The molecule has 0 radical (unpaired) electrons. The van der Waals surface area contributed by atoms with Crippen LogP contribution in [0.1, 0.15) is 11.1 Å². The predicted octanol–water partition coefficient (Wildman–Crippen LogP) is 3.14. The third-order valence-electron chi connectivity index (χ3n) is 4.60. The van der Waals surface area contributed by atoms with Gasteiger partial charge < -0.3 is 9.88 Å². The number of amides is 1. The second-order valence-electron chi connectivity index (χ2n) is 6.88. The number of carbonyl (C=O) groups excluding carboxylic acids is 1. The van der Waals surface area contributed by atoms with Gasteiger partial charge in [0, 0.05) is 26.8 Å². The van der Waals surface area contributed by atoms with Crippen molar-refractivity contribution in [1.82, 2.24) is 19.1 Å². The van der Waals surface area contributed by atoms with E-state index in [4.69, 9.17) is 0 Å². The minimum atomic E-state index is -3.60. The van der Waals surface area contributed by atoms with Gasteiger partial charge in [0.2, 0.25) is 15.9 Å². The van der Waals surface area contributed by atoms with Crippen LogP contribution in [0.2, 0.25) is 0 Å². The normalized spacial score (nSPS) is 11.8. The molecule has 2 aromatic heterocycles. The number of thioether (sulfide) groups is 1. The van der Waals surface area contributed by atoms with E-state index >= 15 is 0 Å². The quantitative estimate of drug-likeness (QED) is 0.539. The molecule has 30 heavy (non-hydrogen) atoms. The fourth-order valence-electron chi connectivity index (χ4n) is 2.69. The molecule has 0 spiro atoms. The Labute approximate surface area is 184 Å². The molecular weight excluding hydrogens is 442 g/mol. The molecular formula is C19H23N5O3S3. The Balaban J connectivity index is 1.73. The molecule has 0 unspecified atom stereocenters. The molecule has 1 amide bonds. The highest BCUT2D eigenvalue weighted by Gasteiger charge is 2.20. The lowest BCUT2D eigenvalue weighted by atomic mass is 10.1. The number of anilines is 1. The zero-order valence-corrected chi connectivity index (χ0v) is 19.8. The Morgan fingerprint density at radius 1 is 1.27 bits per heavy atom. The first-order valence-electron chi connectivity index (χ1n) is 9.01. The maximum absolute atomic E-state index is 12.5. The number of hydrogen-bond donors (Lipinski definition) is 1. The zero-order chi connectivity index (χ0) is 22.1. The van der Waals surface area contributed by atoms with E-state index in [9.17, 15) is 13.2 Å². The SMILES string of the molecule is Cc1cc(S(=O)(=O)N(C)C)cc(NC(=O)CSc2nnc(-c3cccs3)n2C)c1C. The van der Waals surface area contributed by atoms with E-state index in [-0.39, 0.29) is 16.6 Å². The molecule has 160 valence electrons. The van der Waals surface area contributed by atoms with Crippen molar-refractivity contribution in [3.63, 3.8) is 0 Å². The largest absolute Gasteiger partial charge is 0.325 e. The van der Waals surface area contributed by atoms with Crippen LogP contribution in [0, 0.1) is 13.8 Å². The molecule has 8 nitrogen and oxygen atoms in total. The second-order valence-corrected chi connectivity index (χ2v) is 10.9. The number of aromatic nitrogens is 3. The standard InChI is InChI=1S/C19H23N5O3S3/c1-12-9-14(30(26,27)23(3)4)10-15(13(12)2)20-17(25)11-29-19-22-21-18(24(19)5)16-7-6-8-28-16/h6-10H,11H2,1-5H3,(H,20,25). The van der Waals surface area contributed by atoms with Gasteiger partial charge >= 0.3 is 0 Å². The number of hydrogen-bond acceptors (Lipinski definition) is 7. The molecule has 1 aromatic carbocycles. The van der Waals surface area contributed by atoms with Crippen LogP contribution < -0.4 is 5.32 Å². The van der Waals surface area contributed by atoms with Crippen molar-refractivity contribution < 1.29 is 13.2 Å². The van der Waals surface area contributed by atoms with Gasteiger partial charge in [-0.3, -0.25) is 4.79 Å². The molecule has 0 aliphatic rings. The molecule has 1 N–H and O–H groups in total. The number of rotatable bonds is 7. The van der Waals surface area contributed by atoms with Crippen LogP contribution >= 0.6 is 23.1 Å². The van der Waals surface area contributed by atoms with E-state index in [1.54, 1.807) is 17.4 Å². The highest BCUT2D eigenvalue weighted by Crippen LogP contribution is 2.28. The van der Waals surface area contributed by atoms with Gasteiger partial charge in [0.25, 0.3) is 0 Å². The number of sulfonamides is 1. The van der Waals surface area contributed by atoms with E-state index in [0.717, 1.165) is 26.1 Å². The summed E-state index contributed by atoms with van der Waals surface area (Å²) in [5.41, 5.74) is 2.10. The number of aryl methyl sites for hydroxylation is 1. The zero-order valence-electron chi connectivity index (χ0n) is 17.3. The molecule has 0 saturated carbocycles. The molecule has 3 aromatic rings. The van der Waals surface area contributed by atoms with Crippen LogP contribution in [0.25, 0.3) is 10.7 Å². The molecule has 0 fully saturated rings. The summed E-state index contributed by atoms with van der Waals surface area (Å²) in [7, 11) is 1.22. The highest BCUT2D eigenvalue weighted by molar-refractivity contribution is 7.99. The number of nitrogens with zero attached hydrogens (tertiary/aromatic N) is 4. The Bertz CT molecular complexity index is 1170. The van der Waals surface area contributed by atoms with Gasteiger partial charge in [0.15, 0.2) is 11.0 Å². The molecule has 0 saturated heterocycles. The summed E-state index contributed by atoms with van der Waals surface area (Å²) in [4.78, 5) is 13.7. The van der Waals surface area contributed by atoms with Crippen molar-refractivity contribution >= 4 is 44.7 Å². The van der Waals surface area contributed by atoms with E-state index < -0.39 is 10.0 Å². The molecule has 11 heteroatoms. The average molecular weight is 466 g/mol. The maximum atomic E-state index is 12.5. The molecule has 0 aliphatic heterocycles. The molecule has 3 rings (SSSR count). The molecule has 0 atom stereocenters. The van der Waals surface area contributed by atoms with Gasteiger partial charge in [0.1, 0.15) is 0 Å². The fourth-order valence-corrected chi connectivity index (χ4v) is 5.16. The predicted molar refractivity (Wildman–Crippen MR) is 120 cm³/mol. The lowest BCUT2D eigenvalue weighted by molar-refractivity contribution is -0.113. The summed E-state index contributed by atoms with van der Waals surface area (Å²) in [6.07, 6.45) is 0. The van der Waals surface area contributed by atoms with E-state index in [0.29, 0.717) is 10.8 Å². The number of carbonyl (C=O) groups is 1. The summed E-state index contributed by atoms with van der Waals surface area (Å²) in [6.45, 7) is 3.67. The summed E-state index contributed by atoms with van der Waals surface area (Å²) in [5, 5.41) is 13.8. The Kier molecular flexibility index (Phi) is 6.65. The lowest BCUT2D eigenvalue weighted by Gasteiger charge is -2.16. The van der Waals surface area contributed by atoms with Gasteiger partial charge in [-0.25, -0.2) is 12.7 Å². The van der Waals surface area contributed by atoms with Gasteiger partial charge in [-0.05, 0) is 48.6 Å². The Morgan fingerprint density at radius 3 is 2.63 bits per heavy atom. The van der Waals surface area contributed by atoms with Gasteiger partial charge in [0.05, 0.1) is 15.5 Å². The molecule has 0 aliphatic carbocycles. The minimum absolute atomic E-state index is 0.125. The number of thiophene rings is 1. The van der Waals surface area contributed by atoms with Gasteiger partial charge in [-0.2, -0.15) is 0 Å². The van der Waals surface area contributed by atoms with Crippen LogP contribution in [-0.4, -0.2) is 53.2 Å². The van der Waals surface area contributed by atoms with Crippen molar-refractivity contribution in [2.24, 2.45) is 7.05 Å². The highest BCUT2D eigenvalue weighted by atomic mass is 32.2. The molecule has 0 bridgehead atoms. The van der Waals surface area contributed by atoms with Crippen molar-refractivity contribution in [2.45, 2.75) is 23.9 Å². The van der Waals surface area contributed by atoms with Crippen molar-refractivity contribution in [2.75, 3.05) is 25.2 Å². The summed E-state index contributed by atoms with van der Waals surface area (Å²) in [6, 6.07) is 7.03. The number of nitrogens with one attached hydrogen (secondary N) is 1. The van der Waals surface area contributed by atoms with Crippen LogP contribution in [0.3, 0.4) is 0 Å². The summed E-state index contributed by atoms with van der Waals surface area (Å²) in [5.74, 6) is 0.628. The second kappa shape index (κ2) is 8.88. The van der Waals surface area contributed by atoms with Crippen LogP contribution in [0.5, 0.6) is 0 Å². The smallest absolute Gasteiger partial charge is 0.242 e. The van der Waals surface area contributed by atoms with E-state index in [1.807, 2.05) is 43.0 Å². The van der Waals surface area contributed by atoms with Crippen molar-refractivity contribution in [3.05, 3.63) is 40.8 Å². The van der Waals surface area contributed by atoms with Crippen LogP contribution in [-0.2, 0) is 21.9 Å². The Hall–Kier alpha value is -2.21. The van der Waals surface area contributed by atoms with Crippen molar-refractivity contribution in [1.29, 1.82) is 0 Å². The monoisotopic (exact) mass is 465 g/mol. The summed E-state index contributed by atoms with van der Waals surface area (Å²) < 4.78 is 27.9. The van der Waals surface area contributed by atoms with Crippen molar-refractivity contribution in [3.8, 4) is 10.7 Å². The summed E-state index contributed by atoms with van der Waals surface area (Å²) >= 11 is 2.85. The topological polar surface area (TPSA) is 97.2 Å². The third-order valence-corrected chi connectivity index (χ3v) is 8.28. The van der Waals surface area contributed by atoms with Crippen LogP contribution in [0.15, 0.2) is 39.7 Å². The first-order valence-corrected chi connectivity index (χ1v) is 12.3. The molecule has 2 heterocycles. The van der Waals surface area contributed by atoms with E-state index in [2.05, 4.69) is 15.5 Å². The minimum Gasteiger partial charge on any atom is -0.325 e. The fraction of sp³-hybridized carbons (Fsp3) is 0.316. The third kappa shape index (κ3) is 4.59. The first-order chi connectivity index (χ1) is 14.1. The first kappa shape index (κ1) is 22.5. The maximum Gasteiger partial charge on any atom is 0.242 e. The van der Waals surface area contributed by atoms with E-state index in [1.165, 1.54) is 31.9 Å². The van der Waals surface area contributed by atoms with Gasteiger partial charge in [-0.15, -0.1) is 21.5 Å². The average Bonchev–Trinajstić information content (AvgIpc) is 3.33. The lowest BCUT2D eigenvalue weighted by Crippen LogP contribution is -2.23. The van der Waals surface area contributed by atoms with Gasteiger partial charge in [-0.1, -0.05) is 17.8 Å². The van der Waals surface area contributed by atoms with Crippen LogP contribution in [0.4, 0.5) is 5.69 Å².